The number of benzene rings is 1. The molecule has 7 heteroatoms. The molecule has 0 fully saturated rings. The summed E-state index contributed by atoms with van der Waals surface area (Å²) in [6.07, 6.45) is 0. The van der Waals surface area contributed by atoms with E-state index in [2.05, 4.69) is 15.5 Å². The second-order valence-electron chi connectivity index (χ2n) is 5.20. The maximum Gasteiger partial charge on any atom is 0.138 e. The summed E-state index contributed by atoms with van der Waals surface area (Å²) in [6, 6.07) is 9.49. The van der Waals surface area contributed by atoms with E-state index in [4.69, 9.17) is 9.26 Å². The van der Waals surface area contributed by atoms with Gasteiger partial charge in [0, 0.05) is 5.56 Å². The lowest BCUT2D eigenvalue weighted by Crippen LogP contribution is -2.11. The van der Waals surface area contributed by atoms with Crippen LogP contribution >= 0.6 is 0 Å². The normalized spacial score (nSPS) is 10.9. The van der Waals surface area contributed by atoms with Crippen molar-refractivity contribution in [1.82, 2.24) is 20.2 Å². The zero-order valence-electron chi connectivity index (χ0n) is 13.1. The smallest absolute Gasteiger partial charge is 0.138 e. The van der Waals surface area contributed by atoms with Crippen molar-refractivity contribution in [3.05, 3.63) is 58.7 Å². The predicted octanol–water partition coefficient (Wildman–Crippen LogP) is 2.00. The fourth-order valence-corrected chi connectivity index (χ4v) is 2.32. The lowest BCUT2D eigenvalue weighted by atomic mass is 10.2. The summed E-state index contributed by atoms with van der Waals surface area (Å²) < 4.78 is 12.6. The highest BCUT2D eigenvalue weighted by Gasteiger charge is 2.17. The van der Waals surface area contributed by atoms with Crippen molar-refractivity contribution >= 4 is 0 Å². The van der Waals surface area contributed by atoms with Gasteiger partial charge in [0.1, 0.15) is 29.5 Å². The first-order chi connectivity index (χ1) is 11.2. The largest absolute Gasteiger partial charge is 0.487 e. The molecule has 0 radical (unpaired) electrons. The summed E-state index contributed by atoms with van der Waals surface area (Å²) in [5.74, 6) is 1.50. The summed E-state index contributed by atoms with van der Waals surface area (Å²) in [5.41, 5.74) is 3.02. The van der Waals surface area contributed by atoms with E-state index in [0.717, 1.165) is 28.5 Å². The summed E-state index contributed by atoms with van der Waals surface area (Å²) in [7, 11) is 0. The monoisotopic (exact) mass is 314 g/mol. The van der Waals surface area contributed by atoms with Crippen LogP contribution in [0.4, 0.5) is 0 Å². The van der Waals surface area contributed by atoms with Crippen LogP contribution in [-0.4, -0.2) is 25.3 Å². The van der Waals surface area contributed by atoms with Crippen molar-refractivity contribution in [2.75, 3.05) is 0 Å². The Morgan fingerprint density at radius 2 is 2.00 bits per heavy atom. The van der Waals surface area contributed by atoms with Crippen molar-refractivity contribution in [2.24, 2.45) is 0 Å². The van der Waals surface area contributed by atoms with E-state index in [-0.39, 0.29) is 13.2 Å². The number of aliphatic hydroxyl groups is 1. The molecule has 0 spiro atoms. The molecule has 0 atom stereocenters. The molecule has 3 aromatic rings. The maximum atomic E-state index is 9.46. The Balaban J connectivity index is 1.82. The minimum atomic E-state index is -0.185. The molecule has 1 aromatic carbocycles. The molecule has 120 valence electrons. The summed E-state index contributed by atoms with van der Waals surface area (Å²) in [4.78, 5) is 0. The lowest BCUT2D eigenvalue weighted by Gasteiger charge is -2.09. The van der Waals surface area contributed by atoms with Crippen molar-refractivity contribution < 1.29 is 14.4 Å². The number of rotatable bonds is 6. The van der Waals surface area contributed by atoms with E-state index in [1.165, 1.54) is 0 Å². The zero-order chi connectivity index (χ0) is 16.2. The highest BCUT2D eigenvalue weighted by atomic mass is 16.5. The quantitative estimate of drug-likeness (QED) is 0.749. The van der Waals surface area contributed by atoms with Gasteiger partial charge in [-0.2, -0.15) is 0 Å². The Bertz CT molecular complexity index is 760. The van der Waals surface area contributed by atoms with Gasteiger partial charge < -0.3 is 14.4 Å². The van der Waals surface area contributed by atoms with Gasteiger partial charge in [-0.15, -0.1) is 5.10 Å². The van der Waals surface area contributed by atoms with Gasteiger partial charge in [-0.25, -0.2) is 4.68 Å². The SMILES string of the molecule is Cc1noc(C)c1Cn1nnc(CO)c1COc1ccccc1. The molecular formula is C16H18N4O3. The van der Waals surface area contributed by atoms with Crippen LogP contribution in [0.5, 0.6) is 5.75 Å². The van der Waals surface area contributed by atoms with Crippen LogP contribution in [0.2, 0.25) is 0 Å². The van der Waals surface area contributed by atoms with E-state index >= 15 is 0 Å². The zero-order valence-corrected chi connectivity index (χ0v) is 13.1. The summed E-state index contributed by atoms with van der Waals surface area (Å²) >= 11 is 0. The van der Waals surface area contributed by atoms with Crippen molar-refractivity contribution in [3.63, 3.8) is 0 Å². The molecule has 0 bridgehead atoms. The van der Waals surface area contributed by atoms with Gasteiger partial charge in [0.25, 0.3) is 0 Å². The maximum absolute atomic E-state index is 9.46. The van der Waals surface area contributed by atoms with Gasteiger partial charge in [0.2, 0.25) is 0 Å². The van der Waals surface area contributed by atoms with Crippen molar-refractivity contribution in [1.29, 1.82) is 0 Å². The second kappa shape index (κ2) is 6.62. The van der Waals surface area contributed by atoms with Crippen molar-refractivity contribution in [3.8, 4) is 5.75 Å². The Morgan fingerprint density at radius 3 is 2.65 bits per heavy atom. The fraction of sp³-hybridized carbons (Fsp3) is 0.312. The number of nitrogens with zero attached hydrogens (tertiary/aromatic N) is 4. The first-order valence-electron chi connectivity index (χ1n) is 7.30. The Labute approximate surface area is 133 Å². The van der Waals surface area contributed by atoms with Gasteiger partial charge >= 0.3 is 0 Å². The predicted molar refractivity (Wildman–Crippen MR) is 81.8 cm³/mol. The van der Waals surface area contributed by atoms with Gasteiger partial charge in [-0.1, -0.05) is 28.6 Å². The van der Waals surface area contributed by atoms with Crippen LogP contribution in [0.3, 0.4) is 0 Å². The number of aromatic nitrogens is 4. The number of hydrogen-bond donors (Lipinski definition) is 1. The van der Waals surface area contributed by atoms with Crippen LogP contribution < -0.4 is 4.74 Å². The number of ether oxygens (including phenoxy) is 1. The van der Waals surface area contributed by atoms with Crippen LogP contribution in [-0.2, 0) is 19.8 Å². The number of aryl methyl sites for hydroxylation is 2. The lowest BCUT2D eigenvalue weighted by molar-refractivity contribution is 0.262. The van der Waals surface area contributed by atoms with E-state index < -0.39 is 0 Å². The first kappa shape index (κ1) is 15.2. The third kappa shape index (κ3) is 3.24. The van der Waals surface area contributed by atoms with Gasteiger partial charge in [-0.3, -0.25) is 0 Å². The minimum Gasteiger partial charge on any atom is -0.487 e. The van der Waals surface area contributed by atoms with Gasteiger partial charge in [-0.05, 0) is 26.0 Å². The molecule has 0 unspecified atom stereocenters. The molecule has 2 aromatic heterocycles. The van der Waals surface area contributed by atoms with Gasteiger partial charge in [0.05, 0.1) is 18.8 Å². The molecule has 2 heterocycles. The molecule has 0 saturated carbocycles. The fourth-order valence-electron chi connectivity index (χ4n) is 2.32. The molecule has 0 saturated heterocycles. The highest BCUT2D eigenvalue weighted by Crippen LogP contribution is 2.17. The number of hydrogen-bond acceptors (Lipinski definition) is 6. The standard InChI is InChI=1S/C16H18N4O3/c1-11-14(12(2)23-18-11)8-20-16(15(9-21)17-19-20)10-22-13-6-4-3-5-7-13/h3-7,21H,8-10H2,1-2H3. The number of aliphatic hydroxyl groups excluding tert-OH is 1. The molecule has 1 N–H and O–H groups in total. The minimum absolute atomic E-state index is 0.185. The third-order valence-electron chi connectivity index (χ3n) is 3.68. The van der Waals surface area contributed by atoms with Crippen LogP contribution in [0.15, 0.2) is 34.9 Å². The Kier molecular flexibility index (Phi) is 4.38. The van der Waals surface area contributed by atoms with E-state index in [0.29, 0.717) is 12.2 Å². The molecule has 0 aliphatic carbocycles. The Morgan fingerprint density at radius 1 is 1.22 bits per heavy atom. The summed E-state index contributed by atoms with van der Waals surface area (Å²) in [5, 5.41) is 21.5. The first-order valence-corrected chi connectivity index (χ1v) is 7.30. The van der Waals surface area contributed by atoms with E-state index in [9.17, 15) is 5.11 Å². The average Bonchev–Trinajstić information content (AvgIpc) is 3.11. The summed E-state index contributed by atoms with van der Waals surface area (Å²) in [6.45, 7) is 4.31. The molecule has 0 amide bonds. The van der Waals surface area contributed by atoms with Crippen LogP contribution in [0.1, 0.15) is 28.4 Å². The molecular weight excluding hydrogens is 296 g/mol. The molecule has 3 rings (SSSR count). The topological polar surface area (TPSA) is 86.2 Å². The molecule has 0 aliphatic rings. The van der Waals surface area contributed by atoms with E-state index in [1.807, 2.05) is 44.2 Å². The molecule has 23 heavy (non-hydrogen) atoms. The highest BCUT2D eigenvalue weighted by molar-refractivity contribution is 5.23. The Hall–Kier alpha value is -2.67. The van der Waals surface area contributed by atoms with Crippen molar-refractivity contribution in [2.45, 2.75) is 33.6 Å². The molecule has 7 nitrogen and oxygen atoms in total. The van der Waals surface area contributed by atoms with Crippen LogP contribution in [0, 0.1) is 13.8 Å². The number of para-hydroxylation sites is 1. The van der Waals surface area contributed by atoms with E-state index in [1.54, 1.807) is 4.68 Å². The second-order valence-corrected chi connectivity index (χ2v) is 5.20. The molecule has 0 aliphatic heterocycles. The third-order valence-corrected chi connectivity index (χ3v) is 3.68. The van der Waals surface area contributed by atoms with Gasteiger partial charge in [0.15, 0.2) is 0 Å². The van der Waals surface area contributed by atoms with Crippen LogP contribution in [0.25, 0.3) is 0 Å². The average molecular weight is 314 g/mol.